The molecule has 0 fully saturated rings. The zero-order chi connectivity index (χ0) is 11.1. The molecule has 0 aromatic carbocycles. The van der Waals surface area contributed by atoms with Crippen LogP contribution in [0.2, 0.25) is 0 Å². The van der Waals surface area contributed by atoms with Crippen LogP contribution < -0.4 is 11.3 Å². The van der Waals surface area contributed by atoms with Crippen LogP contribution in [-0.4, -0.2) is 10.7 Å². The number of pyridine rings is 1. The van der Waals surface area contributed by atoms with Crippen LogP contribution in [0.5, 0.6) is 0 Å². The minimum atomic E-state index is 0.733. The average molecular weight is 225 g/mol. The van der Waals surface area contributed by atoms with Crippen LogP contribution in [0.4, 0.5) is 5.82 Å². The van der Waals surface area contributed by atoms with Gasteiger partial charge in [0.2, 0.25) is 0 Å². The molecule has 1 rings (SSSR count). The number of nitrogens with one attached hydrogen (secondary N) is 1. The first kappa shape index (κ1) is 12.3. The van der Waals surface area contributed by atoms with E-state index in [-0.39, 0.29) is 0 Å². The first-order valence-electron chi connectivity index (χ1n) is 5.22. The van der Waals surface area contributed by atoms with Crippen molar-refractivity contribution in [2.45, 2.75) is 26.0 Å². The molecule has 1 aromatic heterocycles. The van der Waals surface area contributed by atoms with Gasteiger partial charge in [-0.05, 0) is 30.2 Å². The second kappa shape index (κ2) is 6.69. The van der Waals surface area contributed by atoms with Crippen LogP contribution in [0.15, 0.2) is 18.2 Å². The summed E-state index contributed by atoms with van der Waals surface area (Å²) in [5.41, 5.74) is 3.64. The van der Waals surface area contributed by atoms with Crippen LogP contribution in [0, 0.1) is 5.92 Å². The van der Waals surface area contributed by atoms with Gasteiger partial charge < -0.3 is 5.43 Å². The SMILES string of the molecule is CC(C)CCSCc1cccc(NN)n1. The van der Waals surface area contributed by atoms with Crippen molar-refractivity contribution in [1.82, 2.24) is 4.98 Å². The lowest BCUT2D eigenvalue weighted by atomic mass is 10.2. The summed E-state index contributed by atoms with van der Waals surface area (Å²) < 4.78 is 0. The number of aromatic nitrogens is 1. The van der Waals surface area contributed by atoms with Crippen molar-refractivity contribution in [2.24, 2.45) is 11.8 Å². The molecule has 0 atom stereocenters. The molecule has 3 nitrogen and oxygen atoms in total. The Kier molecular flexibility index (Phi) is 5.50. The Labute approximate surface area is 95.8 Å². The van der Waals surface area contributed by atoms with Gasteiger partial charge in [0.25, 0.3) is 0 Å². The molecule has 1 aromatic rings. The number of hydrogen-bond acceptors (Lipinski definition) is 4. The van der Waals surface area contributed by atoms with E-state index >= 15 is 0 Å². The Bertz CT molecular complexity index is 289. The van der Waals surface area contributed by atoms with Crippen LogP contribution in [0.3, 0.4) is 0 Å². The van der Waals surface area contributed by atoms with Gasteiger partial charge in [-0.25, -0.2) is 10.8 Å². The first-order valence-corrected chi connectivity index (χ1v) is 6.38. The molecule has 4 heteroatoms. The van der Waals surface area contributed by atoms with Crippen molar-refractivity contribution in [3.63, 3.8) is 0 Å². The summed E-state index contributed by atoms with van der Waals surface area (Å²) in [5, 5.41) is 0. The van der Waals surface area contributed by atoms with Crippen molar-refractivity contribution >= 4 is 17.6 Å². The van der Waals surface area contributed by atoms with Gasteiger partial charge in [0.1, 0.15) is 5.82 Å². The number of nitrogen functional groups attached to an aromatic ring is 1. The fourth-order valence-corrected chi connectivity index (χ4v) is 2.29. The molecule has 1 heterocycles. The molecule has 3 N–H and O–H groups in total. The summed E-state index contributed by atoms with van der Waals surface area (Å²) in [5.74, 6) is 8.96. The number of rotatable bonds is 6. The van der Waals surface area contributed by atoms with E-state index in [1.165, 1.54) is 12.2 Å². The third kappa shape index (κ3) is 5.04. The van der Waals surface area contributed by atoms with Crippen LogP contribution >= 0.6 is 11.8 Å². The molecular weight excluding hydrogens is 206 g/mol. The Morgan fingerprint density at radius 1 is 1.47 bits per heavy atom. The van der Waals surface area contributed by atoms with Gasteiger partial charge in [-0.2, -0.15) is 11.8 Å². The van der Waals surface area contributed by atoms with Crippen molar-refractivity contribution in [3.8, 4) is 0 Å². The fraction of sp³-hybridized carbons (Fsp3) is 0.545. The molecule has 0 spiro atoms. The maximum Gasteiger partial charge on any atom is 0.140 e. The lowest BCUT2D eigenvalue weighted by Gasteiger charge is -2.05. The van der Waals surface area contributed by atoms with E-state index in [0.29, 0.717) is 0 Å². The summed E-state index contributed by atoms with van der Waals surface area (Å²) in [7, 11) is 0. The van der Waals surface area contributed by atoms with E-state index in [1.54, 1.807) is 0 Å². The second-order valence-electron chi connectivity index (χ2n) is 3.89. The highest BCUT2D eigenvalue weighted by Gasteiger charge is 1.98. The Hall–Kier alpha value is -0.740. The fourth-order valence-electron chi connectivity index (χ4n) is 1.14. The molecule has 15 heavy (non-hydrogen) atoms. The summed E-state index contributed by atoms with van der Waals surface area (Å²) in [6, 6.07) is 5.87. The minimum absolute atomic E-state index is 0.733. The van der Waals surface area contributed by atoms with E-state index in [0.717, 1.165) is 23.2 Å². The van der Waals surface area contributed by atoms with E-state index in [4.69, 9.17) is 5.84 Å². The first-order chi connectivity index (χ1) is 7.22. The molecule has 0 bridgehead atoms. The van der Waals surface area contributed by atoms with E-state index in [1.807, 2.05) is 30.0 Å². The largest absolute Gasteiger partial charge is 0.308 e. The molecule has 0 aliphatic carbocycles. The minimum Gasteiger partial charge on any atom is -0.308 e. The monoisotopic (exact) mass is 225 g/mol. The molecule has 84 valence electrons. The van der Waals surface area contributed by atoms with Crippen molar-refractivity contribution in [3.05, 3.63) is 23.9 Å². The third-order valence-electron chi connectivity index (χ3n) is 2.04. The van der Waals surface area contributed by atoms with Gasteiger partial charge in [0, 0.05) is 5.75 Å². The third-order valence-corrected chi connectivity index (χ3v) is 3.07. The lowest BCUT2D eigenvalue weighted by molar-refractivity contribution is 0.632. The Morgan fingerprint density at radius 2 is 2.27 bits per heavy atom. The van der Waals surface area contributed by atoms with Gasteiger partial charge in [0.05, 0.1) is 5.69 Å². The molecule has 0 unspecified atom stereocenters. The van der Waals surface area contributed by atoms with Gasteiger partial charge in [-0.15, -0.1) is 0 Å². The highest BCUT2D eigenvalue weighted by atomic mass is 32.2. The van der Waals surface area contributed by atoms with Gasteiger partial charge in [-0.1, -0.05) is 19.9 Å². The maximum atomic E-state index is 5.29. The summed E-state index contributed by atoms with van der Waals surface area (Å²) in [4.78, 5) is 4.35. The molecule has 0 aliphatic heterocycles. The standard InChI is InChI=1S/C11H19N3S/c1-9(2)6-7-15-8-10-4-3-5-11(13-10)14-12/h3-5,9H,6-8,12H2,1-2H3,(H,13,14). The van der Waals surface area contributed by atoms with Crippen molar-refractivity contribution in [2.75, 3.05) is 11.2 Å². The number of nitrogens with two attached hydrogens (primary N) is 1. The summed E-state index contributed by atoms with van der Waals surface area (Å²) >= 11 is 1.92. The molecule has 0 radical (unpaired) electrons. The second-order valence-corrected chi connectivity index (χ2v) is 5.00. The normalized spacial score (nSPS) is 10.7. The summed E-state index contributed by atoms with van der Waals surface area (Å²) in [6.45, 7) is 4.50. The molecule has 0 amide bonds. The molecule has 0 saturated heterocycles. The number of thioether (sulfide) groups is 1. The molecular formula is C11H19N3S. The van der Waals surface area contributed by atoms with Crippen molar-refractivity contribution in [1.29, 1.82) is 0 Å². The highest BCUT2D eigenvalue weighted by molar-refractivity contribution is 7.98. The average Bonchev–Trinajstić information content (AvgIpc) is 2.24. The van der Waals surface area contributed by atoms with E-state index in [9.17, 15) is 0 Å². The van der Waals surface area contributed by atoms with Crippen LogP contribution in [0.25, 0.3) is 0 Å². The van der Waals surface area contributed by atoms with Crippen molar-refractivity contribution < 1.29 is 0 Å². The topological polar surface area (TPSA) is 50.9 Å². The number of hydrazine groups is 1. The zero-order valence-electron chi connectivity index (χ0n) is 9.36. The Balaban J connectivity index is 2.30. The summed E-state index contributed by atoms with van der Waals surface area (Å²) in [6.07, 6.45) is 1.26. The number of anilines is 1. The van der Waals surface area contributed by atoms with E-state index in [2.05, 4.69) is 24.3 Å². The van der Waals surface area contributed by atoms with Gasteiger partial charge >= 0.3 is 0 Å². The molecule has 0 saturated carbocycles. The van der Waals surface area contributed by atoms with Crippen LogP contribution in [-0.2, 0) is 5.75 Å². The van der Waals surface area contributed by atoms with Gasteiger partial charge in [-0.3, -0.25) is 0 Å². The molecule has 0 aliphatic rings. The number of nitrogens with zero attached hydrogens (tertiary/aromatic N) is 1. The predicted molar refractivity (Wildman–Crippen MR) is 67.7 cm³/mol. The highest BCUT2D eigenvalue weighted by Crippen LogP contribution is 2.15. The quantitative estimate of drug-likeness (QED) is 0.444. The Morgan fingerprint density at radius 3 is 2.93 bits per heavy atom. The predicted octanol–water partition coefficient (Wildman–Crippen LogP) is 2.65. The van der Waals surface area contributed by atoms with E-state index < -0.39 is 0 Å². The lowest BCUT2D eigenvalue weighted by Crippen LogP contribution is -2.08. The smallest absolute Gasteiger partial charge is 0.140 e. The zero-order valence-corrected chi connectivity index (χ0v) is 10.2. The van der Waals surface area contributed by atoms with Gasteiger partial charge in [0.15, 0.2) is 0 Å². The van der Waals surface area contributed by atoms with Crippen LogP contribution in [0.1, 0.15) is 26.0 Å². The maximum absolute atomic E-state index is 5.29. The number of hydrogen-bond donors (Lipinski definition) is 2.